The highest BCUT2D eigenvalue weighted by Crippen LogP contribution is 1.83. The van der Waals surface area contributed by atoms with Crippen molar-refractivity contribution in [1.82, 2.24) is 5.06 Å². The molecule has 0 aromatic heterocycles. The Morgan fingerprint density at radius 2 is 2.25 bits per heavy atom. The number of nitrogens with zero attached hydrogens (tertiary/aromatic N) is 1. The topological polar surface area (TPSA) is 23.5 Å². The second kappa shape index (κ2) is 3.57. The van der Waals surface area contributed by atoms with Crippen molar-refractivity contribution in [1.29, 1.82) is 0 Å². The second-order valence-corrected chi connectivity index (χ2v) is 1.78. The molecule has 0 aliphatic heterocycles. The summed E-state index contributed by atoms with van der Waals surface area (Å²) in [6.07, 6.45) is 3.42. The summed E-state index contributed by atoms with van der Waals surface area (Å²) in [7, 11) is 1.49. The largest absolute Gasteiger partial charge is 0.288 e. The molecule has 0 amide bonds. The van der Waals surface area contributed by atoms with Crippen LogP contribution < -0.4 is 0 Å². The standard InChI is InChI=1S/C5H9NOS/c1-3-4-5(8)6(2)7/h3-4,7H,1-2H3/b4-3-. The van der Waals surface area contributed by atoms with Crippen LogP contribution in [0, 0.1) is 0 Å². The molecular formula is C5H9NOS. The van der Waals surface area contributed by atoms with Gasteiger partial charge in [-0.2, -0.15) is 0 Å². The maximum atomic E-state index is 8.59. The van der Waals surface area contributed by atoms with Crippen LogP contribution in [0.15, 0.2) is 12.2 Å². The van der Waals surface area contributed by atoms with Crippen LogP contribution in [0.1, 0.15) is 6.92 Å². The third-order valence-electron chi connectivity index (χ3n) is 0.628. The van der Waals surface area contributed by atoms with Gasteiger partial charge in [0, 0.05) is 7.05 Å². The highest BCUT2D eigenvalue weighted by Gasteiger charge is 1.89. The number of allylic oxidation sites excluding steroid dienone is 1. The van der Waals surface area contributed by atoms with Crippen molar-refractivity contribution in [3.8, 4) is 0 Å². The molecule has 0 aromatic rings. The summed E-state index contributed by atoms with van der Waals surface area (Å²) in [5.41, 5.74) is 0. The lowest BCUT2D eigenvalue weighted by Crippen LogP contribution is -2.17. The third-order valence-corrected chi connectivity index (χ3v) is 1.03. The van der Waals surface area contributed by atoms with E-state index in [2.05, 4.69) is 12.2 Å². The molecule has 2 nitrogen and oxygen atoms in total. The molecule has 0 unspecified atom stereocenters. The van der Waals surface area contributed by atoms with E-state index in [4.69, 9.17) is 5.21 Å². The summed E-state index contributed by atoms with van der Waals surface area (Å²) >= 11 is 4.67. The minimum Gasteiger partial charge on any atom is -0.288 e. The zero-order valence-electron chi connectivity index (χ0n) is 4.96. The Labute approximate surface area is 54.4 Å². The van der Waals surface area contributed by atoms with Crippen LogP contribution in [0.4, 0.5) is 0 Å². The fraction of sp³-hybridized carbons (Fsp3) is 0.400. The predicted octanol–water partition coefficient (Wildman–Crippen LogP) is 1.21. The number of hydrogen-bond acceptors (Lipinski definition) is 2. The monoisotopic (exact) mass is 131 g/mol. The first-order chi connectivity index (χ1) is 3.68. The van der Waals surface area contributed by atoms with E-state index in [9.17, 15) is 0 Å². The molecule has 0 atom stereocenters. The molecule has 0 aliphatic rings. The third kappa shape index (κ3) is 2.71. The smallest absolute Gasteiger partial charge is 0.125 e. The Balaban J connectivity index is 3.66. The van der Waals surface area contributed by atoms with Gasteiger partial charge in [0.05, 0.1) is 0 Å². The van der Waals surface area contributed by atoms with E-state index in [-0.39, 0.29) is 0 Å². The van der Waals surface area contributed by atoms with Gasteiger partial charge < -0.3 is 0 Å². The SMILES string of the molecule is C/C=C\C(=S)N(C)O. The number of hydrogen-bond donors (Lipinski definition) is 1. The van der Waals surface area contributed by atoms with Crippen molar-refractivity contribution < 1.29 is 5.21 Å². The summed E-state index contributed by atoms with van der Waals surface area (Å²) in [4.78, 5) is 0.424. The van der Waals surface area contributed by atoms with E-state index in [1.54, 1.807) is 12.2 Å². The average Bonchev–Trinajstić information content (AvgIpc) is 1.67. The van der Waals surface area contributed by atoms with Gasteiger partial charge in [0.25, 0.3) is 0 Å². The predicted molar refractivity (Wildman–Crippen MR) is 37.0 cm³/mol. The van der Waals surface area contributed by atoms with Crippen LogP contribution in [0.2, 0.25) is 0 Å². The fourth-order valence-corrected chi connectivity index (χ4v) is 0.387. The number of thiocarbonyl (C=S) groups is 1. The summed E-state index contributed by atoms with van der Waals surface area (Å²) in [6.45, 7) is 1.84. The molecule has 0 bridgehead atoms. The van der Waals surface area contributed by atoms with Gasteiger partial charge in [-0.25, -0.2) is 5.06 Å². The minimum atomic E-state index is 0.424. The van der Waals surface area contributed by atoms with Gasteiger partial charge in [0.15, 0.2) is 0 Å². The number of likely N-dealkylation sites (N-methyl/N-ethyl adjacent to an activating group) is 1. The Hall–Kier alpha value is -0.410. The normalized spacial score (nSPS) is 9.88. The molecule has 0 saturated carbocycles. The van der Waals surface area contributed by atoms with Gasteiger partial charge >= 0.3 is 0 Å². The highest BCUT2D eigenvalue weighted by molar-refractivity contribution is 7.80. The molecule has 1 N–H and O–H groups in total. The zero-order valence-corrected chi connectivity index (χ0v) is 5.77. The highest BCUT2D eigenvalue weighted by atomic mass is 32.1. The fourth-order valence-electron chi connectivity index (χ4n) is 0.250. The zero-order chi connectivity index (χ0) is 6.57. The second-order valence-electron chi connectivity index (χ2n) is 1.36. The van der Waals surface area contributed by atoms with Gasteiger partial charge in [-0.1, -0.05) is 18.3 Å². The van der Waals surface area contributed by atoms with E-state index in [0.29, 0.717) is 4.99 Å². The van der Waals surface area contributed by atoms with Gasteiger partial charge in [-0.05, 0) is 13.0 Å². The van der Waals surface area contributed by atoms with E-state index < -0.39 is 0 Å². The first kappa shape index (κ1) is 7.59. The molecule has 46 valence electrons. The lowest BCUT2D eigenvalue weighted by molar-refractivity contribution is 0.0178. The van der Waals surface area contributed by atoms with Crippen LogP contribution in [0.5, 0.6) is 0 Å². The van der Waals surface area contributed by atoms with Crippen LogP contribution in [0.25, 0.3) is 0 Å². The van der Waals surface area contributed by atoms with Gasteiger partial charge in [-0.3, -0.25) is 5.21 Å². The lowest BCUT2D eigenvalue weighted by Gasteiger charge is -2.05. The summed E-state index contributed by atoms with van der Waals surface area (Å²) in [5.74, 6) is 0. The average molecular weight is 131 g/mol. The van der Waals surface area contributed by atoms with Crippen LogP contribution >= 0.6 is 12.2 Å². The molecule has 0 saturated heterocycles. The molecule has 0 aliphatic carbocycles. The summed E-state index contributed by atoms with van der Waals surface area (Å²) in [5, 5.41) is 9.49. The quantitative estimate of drug-likeness (QED) is 0.329. The maximum Gasteiger partial charge on any atom is 0.125 e. The van der Waals surface area contributed by atoms with Crippen molar-refractivity contribution in [2.45, 2.75) is 6.92 Å². The maximum absolute atomic E-state index is 8.59. The molecule has 0 rings (SSSR count). The van der Waals surface area contributed by atoms with Crippen LogP contribution in [0.3, 0.4) is 0 Å². The van der Waals surface area contributed by atoms with E-state index in [0.717, 1.165) is 5.06 Å². The molecule has 0 radical (unpaired) electrons. The summed E-state index contributed by atoms with van der Waals surface area (Å²) in [6, 6.07) is 0. The van der Waals surface area contributed by atoms with Gasteiger partial charge in [0.2, 0.25) is 0 Å². The van der Waals surface area contributed by atoms with E-state index in [1.165, 1.54) is 7.05 Å². The van der Waals surface area contributed by atoms with Gasteiger partial charge in [-0.15, -0.1) is 0 Å². The molecule has 0 heterocycles. The number of hydroxylamine groups is 2. The molecule has 0 fully saturated rings. The first-order valence-electron chi connectivity index (χ1n) is 2.27. The minimum absolute atomic E-state index is 0.424. The Bertz CT molecular complexity index is 109. The van der Waals surface area contributed by atoms with Crippen LogP contribution in [-0.4, -0.2) is 22.3 Å². The lowest BCUT2D eigenvalue weighted by atomic mass is 10.5. The molecule has 3 heteroatoms. The van der Waals surface area contributed by atoms with E-state index >= 15 is 0 Å². The van der Waals surface area contributed by atoms with Crippen LogP contribution in [-0.2, 0) is 0 Å². The molecule has 8 heavy (non-hydrogen) atoms. The van der Waals surface area contributed by atoms with Gasteiger partial charge in [0.1, 0.15) is 4.99 Å². The Morgan fingerprint density at radius 1 is 1.75 bits per heavy atom. The van der Waals surface area contributed by atoms with Crippen molar-refractivity contribution >= 4 is 17.2 Å². The number of rotatable bonds is 1. The summed E-state index contributed by atoms with van der Waals surface area (Å²) < 4.78 is 0. The van der Waals surface area contributed by atoms with Crippen molar-refractivity contribution in [2.75, 3.05) is 7.05 Å². The first-order valence-corrected chi connectivity index (χ1v) is 2.68. The molecule has 0 spiro atoms. The van der Waals surface area contributed by atoms with Crippen molar-refractivity contribution in [3.63, 3.8) is 0 Å². The Kier molecular flexibility index (Phi) is 3.39. The molecular weight excluding hydrogens is 122 g/mol. The van der Waals surface area contributed by atoms with Crippen molar-refractivity contribution in [3.05, 3.63) is 12.2 Å². The van der Waals surface area contributed by atoms with E-state index in [1.807, 2.05) is 6.92 Å². The molecule has 0 aromatic carbocycles. The van der Waals surface area contributed by atoms with Crippen molar-refractivity contribution in [2.24, 2.45) is 0 Å². The Morgan fingerprint density at radius 3 is 2.38 bits per heavy atom.